The quantitative estimate of drug-likeness (QED) is 0.124. The molecule has 0 fully saturated rings. The van der Waals surface area contributed by atoms with Crippen LogP contribution in [0, 0.1) is 0 Å². The molecule has 0 spiro atoms. The van der Waals surface area contributed by atoms with Crippen LogP contribution in [0.4, 0.5) is 0 Å². The summed E-state index contributed by atoms with van der Waals surface area (Å²) >= 11 is 0. The van der Waals surface area contributed by atoms with Crippen LogP contribution in [-0.4, -0.2) is 0 Å². The number of hydrogen-bond acceptors (Lipinski definition) is 0. The van der Waals surface area contributed by atoms with Crippen molar-refractivity contribution in [1.82, 2.24) is 0 Å². The number of fused-ring (bicyclic) bond motifs is 10. The zero-order valence-corrected chi connectivity index (χ0v) is 34.5. The molecule has 0 aliphatic heterocycles. The van der Waals surface area contributed by atoms with Gasteiger partial charge in [-0.25, -0.2) is 0 Å². The molecule has 0 nitrogen and oxygen atoms in total. The first-order valence-corrected chi connectivity index (χ1v) is 21.3. The summed E-state index contributed by atoms with van der Waals surface area (Å²) in [6.07, 6.45) is 0. The minimum Gasteiger partial charge on any atom is -0.0622 e. The van der Waals surface area contributed by atoms with Gasteiger partial charge in [0.25, 0.3) is 0 Å². The third-order valence-electron chi connectivity index (χ3n) is 14.1. The van der Waals surface area contributed by atoms with Crippen molar-refractivity contribution in [2.45, 2.75) is 38.5 Å². The van der Waals surface area contributed by atoms with Crippen molar-refractivity contribution in [3.05, 3.63) is 216 Å². The maximum absolute atomic E-state index is 2.51. The molecule has 0 amide bonds. The zero-order chi connectivity index (χ0) is 40.3. The van der Waals surface area contributed by atoms with Crippen LogP contribution >= 0.6 is 0 Å². The maximum Gasteiger partial charge on any atom is 0.0159 e. The Hall–Kier alpha value is -7.02. The van der Waals surface area contributed by atoms with E-state index in [0.29, 0.717) is 0 Å². The van der Waals surface area contributed by atoms with Crippen molar-refractivity contribution in [3.63, 3.8) is 0 Å². The summed E-state index contributed by atoms with van der Waals surface area (Å²) < 4.78 is 0. The molecule has 60 heavy (non-hydrogen) atoms. The Bertz CT molecular complexity index is 3410. The second-order valence-electron chi connectivity index (χ2n) is 18.0. The van der Waals surface area contributed by atoms with Gasteiger partial charge in [-0.3, -0.25) is 0 Å². The number of benzene rings is 10. The van der Waals surface area contributed by atoms with Crippen molar-refractivity contribution in [2.24, 2.45) is 0 Å². The smallest absolute Gasteiger partial charge is 0.0159 e. The third kappa shape index (κ3) is 4.91. The molecule has 2 aliphatic rings. The van der Waals surface area contributed by atoms with E-state index in [0.717, 1.165) is 0 Å². The molecule has 0 saturated heterocycles. The molecule has 0 atom stereocenters. The van der Waals surface area contributed by atoms with E-state index in [1.54, 1.807) is 0 Å². The monoisotopic (exact) mass is 764 g/mol. The fraction of sp³-hybridized carbons (Fsp3) is 0.100. The lowest BCUT2D eigenvalue weighted by molar-refractivity contribution is 0.652. The van der Waals surface area contributed by atoms with Crippen LogP contribution in [0.5, 0.6) is 0 Å². The van der Waals surface area contributed by atoms with E-state index >= 15 is 0 Å². The molecule has 0 bridgehead atoms. The molecule has 2 aliphatic carbocycles. The van der Waals surface area contributed by atoms with Crippen molar-refractivity contribution >= 4 is 32.3 Å². The van der Waals surface area contributed by atoms with Gasteiger partial charge in [0.15, 0.2) is 0 Å². The predicted octanol–water partition coefficient (Wildman–Crippen LogP) is 16.4. The highest BCUT2D eigenvalue weighted by Crippen LogP contribution is 2.57. The average Bonchev–Trinajstić information content (AvgIpc) is 3.66. The van der Waals surface area contributed by atoms with Crippen LogP contribution < -0.4 is 0 Å². The minimum atomic E-state index is -0.133. The molecular weight excluding hydrogens is 721 g/mol. The van der Waals surface area contributed by atoms with Crippen LogP contribution in [0.25, 0.3) is 99.1 Å². The van der Waals surface area contributed by atoms with Gasteiger partial charge in [0.2, 0.25) is 0 Å². The van der Waals surface area contributed by atoms with Crippen LogP contribution in [0.1, 0.15) is 49.9 Å². The topological polar surface area (TPSA) is 0 Å². The molecule has 0 saturated carbocycles. The lowest BCUT2D eigenvalue weighted by atomic mass is 9.79. The fourth-order valence-electron chi connectivity index (χ4n) is 11.1. The first kappa shape index (κ1) is 35.0. The second kappa shape index (κ2) is 12.7. The summed E-state index contributed by atoms with van der Waals surface area (Å²) in [7, 11) is 0. The molecule has 284 valence electrons. The molecule has 0 aromatic heterocycles. The van der Waals surface area contributed by atoms with Crippen molar-refractivity contribution < 1.29 is 0 Å². The first-order valence-electron chi connectivity index (χ1n) is 21.3. The van der Waals surface area contributed by atoms with Gasteiger partial charge >= 0.3 is 0 Å². The predicted molar refractivity (Wildman–Crippen MR) is 256 cm³/mol. The Morgan fingerprint density at radius 2 is 0.800 bits per heavy atom. The van der Waals surface area contributed by atoms with Gasteiger partial charge in [0.05, 0.1) is 0 Å². The maximum atomic E-state index is 2.51. The number of rotatable bonds is 4. The molecular formula is C60H44. The summed E-state index contributed by atoms with van der Waals surface area (Å²) in [4.78, 5) is 0. The van der Waals surface area contributed by atoms with E-state index < -0.39 is 0 Å². The summed E-state index contributed by atoms with van der Waals surface area (Å²) in [5.41, 5.74) is 21.0. The Balaban J connectivity index is 1.05. The average molecular weight is 765 g/mol. The van der Waals surface area contributed by atoms with Crippen molar-refractivity contribution in [3.8, 4) is 66.8 Å². The molecule has 0 heterocycles. The molecule has 0 unspecified atom stereocenters. The molecule has 0 heteroatoms. The summed E-state index contributed by atoms with van der Waals surface area (Å²) in [5.74, 6) is 0. The van der Waals surface area contributed by atoms with Gasteiger partial charge in [-0.05, 0) is 146 Å². The highest BCUT2D eigenvalue weighted by atomic mass is 14.4. The third-order valence-corrected chi connectivity index (χ3v) is 14.1. The van der Waals surface area contributed by atoms with Gasteiger partial charge in [-0.15, -0.1) is 0 Å². The summed E-state index contributed by atoms with van der Waals surface area (Å²) in [5, 5.41) is 7.61. The van der Waals surface area contributed by atoms with Crippen LogP contribution in [0.2, 0.25) is 0 Å². The molecule has 10 aromatic rings. The fourth-order valence-corrected chi connectivity index (χ4v) is 11.1. The van der Waals surface area contributed by atoms with Gasteiger partial charge in [0, 0.05) is 10.8 Å². The second-order valence-corrected chi connectivity index (χ2v) is 18.0. The van der Waals surface area contributed by atoms with Gasteiger partial charge in [-0.1, -0.05) is 198 Å². The van der Waals surface area contributed by atoms with E-state index in [9.17, 15) is 0 Å². The molecule has 12 rings (SSSR count). The van der Waals surface area contributed by atoms with Crippen LogP contribution in [0.15, 0.2) is 194 Å². The lowest BCUT2D eigenvalue weighted by Crippen LogP contribution is -2.17. The van der Waals surface area contributed by atoms with E-state index in [-0.39, 0.29) is 10.8 Å². The summed E-state index contributed by atoms with van der Waals surface area (Å²) in [6, 6.07) is 72.9. The van der Waals surface area contributed by atoms with E-state index in [1.165, 1.54) is 121 Å². The highest BCUT2D eigenvalue weighted by molar-refractivity contribution is 6.28. The Kier molecular flexibility index (Phi) is 7.42. The van der Waals surface area contributed by atoms with Crippen molar-refractivity contribution in [2.75, 3.05) is 0 Å². The van der Waals surface area contributed by atoms with E-state index in [1.807, 2.05) is 0 Å². The Morgan fingerprint density at radius 1 is 0.267 bits per heavy atom. The van der Waals surface area contributed by atoms with Crippen molar-refractivity contribution in [1.29, 1.82) is 0 Å². The van der Waals surface area contributed by atoms with Crippen LogP contribution in [-0.2, 0) is 10.8 Å². The SMILES string of the molecule is CC1(C)c2ccccc2-c2cc3c(cc21)-c1ccc(-c2cccc(-c4c5ccccc5c(-c5ccccc5-c5ccccc5)c5ccc6ccccc6c45)c2)cc1C3(C)C. The lowest BCUT2D eigenvalue weighted by Gasteiger charge is -2.24. The van der Waals surface area contributed by atoms with Gasteiger partial charge in [-0.2, -0.15) is 0 Å². The van der Waals surface area contributed by atoms with Crippen LogP contribution in [0.3, 0.4) is 0 Å². The Morgan fingerprint density at radius 3 is 1.57 bits per heavy atom. The first-order chi connectivity index (χ1) is 29.3. The zero-order valence-electron chi connectivity index (χ0n) is 34.5. The summed E-state index contributed by atoms with van der Waals surface area (Å²) in [6.45, 7) is 9.59. The molecule has 0 radical (unpaired) electrons. The van der Waals surface area contributed by atoms with E-state index in [2.05, 4.69) is 222 Å². The Labute approximate surface area is 352 Å². The van der Waals surface area contributed by atoms with Gasteiger partial charge < -0.3 is 0 Å². The normalized spacial score (nSPS) is 14.3. The minimum absolute atomic E-state index is 0.0304. The largest absolute Gasteiger partial charge is 0.0622 e. The van der Waals surface area contributed by atoms with Gasteiger partial charge in [0.1, 0.15) is 0 Å². The number of hydrogen-bond donors (Lipinski definition) is 0. The molecule has 10 aromatic carbocycles. The standard InChI is InChI=1S/C60H44/c1-59(2)52-28-15-14-24-44(52)50-35-55-51(36-54(50)59)45-31-30-40(34-53(45)60(55,3)4)39-20-16-21-41(33-39)56-47-26-12-13-27-48(47)57(49-32-29-38-19-8-9-23-43(38)58(49)56)46-25-11-10-22-42(46)37-17-6-5-7-18-37/h5-36H,1-4H3. The van der Waals surface area contributed by atoms with E-state index in [4.69, 9.17) is 0 Å². The highest BCUT2D eigenvalue weighted by Gasteiger charge is 2.41. The molecule has 0 N–H and O–H groups in total.